The summed E-state index contributed by atoms with van der Waals surface area (Å²) in [6.07, 6.45) is 0. The van der Waals surface area contributed by atoms with Crippen molar-refractivity contribution in [1.29, 1.82) is 0 Å². The van der Waals surface area contributed by atoms with Gasteiger partial charge in [0.05, 0.1) is 0 Å². The fourth-order valence-electron chi connectivity index (χ4n) is 2.24. The number of thioether (sulfide) groups is 1. The summed E-state index contributed by atoms with van der Waals surface area (Å²) in [7, 11) is 0. The van der Waals surface area contributed by atoms with E-state index in [0.29, 0.717) is 18.7 Å². The van der Waals surface area contributed by atoms with Gasteiger partial charge in [-0.2, -0.15) is 0 Å². The van der Waals surface area contributed by atoms with Crippen molar-refractivity contribution in [3.63, 3.8) is 0 Å². The fourth-order valence-corrected chi connectivity index (χ4v) is 3.33. The molecule has 0 N–H and O–H groups in total. The van der Waals surface area contributed by atoms with Gasteiger partial charge in [-0.25, -0.2) is 4.39 Å². The smallest absolute Gasteiger partial charge is 0.275 e. The van der Waals surface area contributed by atoms with Crippen molar-refractivity contribution in [2.24, 2.45) is 0 Å². The Morgan fingerprint density at radius 1 is 1.00 bits per heavy atom. The highest BCUT2D eigenvalue weighted by molar-refractivity contribution is 8.00. The normalized spacial score (nSPS) is 13.4. The number of halogens is 1. The summed E-state index contributed by atoms with van der Waals surface area (Å²) in [6.45, 7) is 4.70. The van der Waals surface area contributed by atoms with Gasteiger partial charge in [-0.1, -0.05) is 60.3 Å². The first-order valence-electron chi connectivity index (χ1n) is 7.39. The summed E-state index contributed by atoms with van der Waals surface area (Å²) in [5.74, 6) is -0.502. The zero-order valence-corrected chi connectivity index (χ0v) is 13.6. The molecule has 0 aromatic heterocycles. The molecule has 0 bridgehead atoms. The second-order valence-corrected chi connectivity index (χ2v) is 6.09. The summed E-state index contributed by atoms with van der Waals surface area (Å²) >= 11 is 0.953. The predicted molar refractivity (Wildman–Crippen MR) is 89.5 cm³/mol. The number of hydrogen-bond acceptors (Lipinski definition) is 2. The molecule has 116 valence electrons. The molecule has 0 fully saturated rings. The maximum atomic E-state index is 15.8. The molecular weight excluding hydrogens is 297 g/mol. The molecular formula is C18H20FNOS. The summed E-state index contributed by atoms with van der Waals surface area (Å²) in [5.41, 5.74) is 0.376. The first-order chi connectivity index (χ1) is 10.6. The Kier molecular flexibility index (Phi) is 5.61. The molecule has 2 aromatic rings. The van der Waals surface area contributed by atoms with Gasteiger partial charge in [0.1, 0.15) is 0 Å². The number of rotatable bonds is 6. The maximum absolute atomic E-state index is 15.8. The highest BCUT2D eigenvalue weighted by atomic mass is 32.2. The largest absolute Gasteiger partial charge is 0.339 e. The lowest BCUT2D eigenvalue weighted by molar-refractivity contribution is -0.138. The van der Waals surface area contributed by atoms with Crippen LogP contribution in [-0.4, -0.2) is 23.9 Å². The number of alkyl halides is 1. The zero-order valence-electron chi connectivity index (χ0n) is 12.8. The number of carbonyl (C=O) groups excluding carboxylic acids is 1. The van der Waals surface area contributed by atoms with E-state index >= 15 is 4.39 Å². The van der Waals surface area contributed by atoms with Crippen molar-refractivity contribution < 1.29 is 9.18 Å². The molecule has 22 heavy (non-hydrogen) atoms. The van der Waals surface area contributed by atoms with Crippen LogP contribution in [-0.2, 0) is 9.80 Å². The Morgan fingerprint density at radius 2 is 1.50 bits per heavy atom. The minimum Gasteiger partial charge on any atom is -0.339 e. The number of hydrogen-bond donors (Lipinski definition) is 0. The van der Waals surface area contributed by atoms with Crippen molar-refractivity contribution in [3.8, 4) is 0 Å². The molecule has 0 saturated heterocycles. The number of benzene rings is 2. The van der Waals surface area contributed by atoms with E-state index in [1.54, 1.807) is 24.3 Å². The Balaban J connectivity index is 2.42. The lowest BCUT2D eigenvalue weighted by Gasteiger charge is -2.30. The number of likely N-dealkylation sites (N-methyl/N-ethyl adjacent to an activating group) is 1. The average molecular weight is 317 g/mol. The van der Waals surface area contributed by atoms with Crippen LogP contribution in [0.15, 0.2) is 65.6 Å². The molecule has 2 nitrogen and oxygen atoms in total. The summed E-state index contributed by atoms with van der Waals surface area (Å²) in [4.78, 5) is 15.0. The van der Waals surface area contributed by atoms with Crippen molar-refractivity contribution in [2.45, 2.75) is 23.7 Å². The SMILES string of the molecule is CCN(CC)C(=O)C(F)(Sc1ccccc1)c1ccccc1. The Hall–Kier alpha value is -1.81. The number of amides is 1. The van der Waals surface area contributed by atoms with Crippen LogP contribution in [0, 0.1) is 0 Å². The number of carbonyl (C=O) groups is 1. The highest BCUT2D eigenvalue weighted by Crippen LogP contribution is 2.44. The Labute approximate surface area is 135 Å². The predicted octanol–water partition coefficient (Wildman–Crippen LogP) is 4.47. The molecule has 1 atom stereocenters. The summed E-state index contributed by atoms with van der Waals surface area (Å²) in [5, 5.41) is -2.12. The van der Waals surface area contributed by atoms with Crippen LogP contribution in [0.2, 0.25) is 0 Å². The molecule has 2 rings (SSSR count). The zero-order chi connectivity index (χ0) is 16.0. The molecule has 0 radical (unpaired) electrons. The van der Waals surface area contributed by atoms with Crippen LogP contribution in [0.1, 0.15) is 19.4 Å². The lowest BCUT2D eigenvalue weighted by Crippen LogP contribution is -2.42. The first kappa shape index (κ1) is 16.6. The van der Waals surface area contributed by atoms with Crippen molar-refractivity contribution in [1.82, 2.24) is 4.90 Å². The summed E-state index contributed by atoms with van der Waals surface area (Å²) < 4.78 is 15.8. The van der Waals surface area contributed by atoms with Crippen molar-refractivity contribution >= 4 is 17.7 Å². The minimum atomic E-state index is -2.12. The van der Waals surface area contributed by atoms with E-state index in [1.165, 1.54) is 4.90 Å². The molecule has 1 amide bonds. The first-order valence-corrected chi connectivity index (χ1v) is 8.21. The second-order valence-electron chi connectivity index (χ2n) is 4.85. The molecule has 0 aliphatic rings. The van der Waals surface area contributed by atoms with Crippen LogP contribution in [0.4, 0.5) is 4.39 Å². The van der Waals surface area contributed by atoms with Crippen LogP contribution >= 0.6 is 11.8 Å². The molecule has 0 spiro atoms. The number of nitrogens with zero attached hydrogens (tertiary/aromatic N) is 1. The van der Waals surface area contributed by atoms with Gasteiger partial charge in [-0.3, -0.25) is 4.79 Å². The Morgan fingerprint density at radius 3 is 2.00 bits per heavy atom. The molecule has 1 unspecified atom stereocenters. The van der Waals surface area contributed by atoms with E-state index < -0.39 is 10.9 Å². The third-order valence-electron chi connectivity index (χ3n) is 3.47. The maximum Gasteiger partial charge on any atom is 0.275 e. The molecule has 2 aromatic carbocycles. The average Bonchev–Trinajstić information content (AvgIpc) is 2.57. The van der Waals surface area contributed by atoms with Gasteiger partial charge < -0.3 is 4.90 Å². The minimum absolute atomic E-state index is 0.376. The van der Waals surface area contributed by atoms with Crippen LogP contribution in [0.5, 0.6) is 0 Å². The Bertz CT molecular complexity index is 601. The molecule has 0 heterocycles. The standard InChI is InChI=1S/C18H20FNOS/c1-3-20(4-2)17(21)18(19,15-11-7-5-8-12-15)22-16-13-9-6-10-14-16/h5-14H,3-4H2,1-2H3. The van der Waals surface area contributed by atoms with Crippen molar-refractivity contribution in [3.05, 3.63) is 66.2 Å². The second kappa shape index (κ2) is 7.45. The van der Waals surface area contributed by atoms with E-state index in [0.717, 1.165) is 16.7 Å². The van der Waals surface area contributed by atoms with E-state index in [1.807, 2.05) is 50.2 Å². The van der Waals surface area contributed by atoms with Crippen LogP contribution in [0.25, 0.3) is 0 Å². The van der Waals surface area contributed by atoms with Gasteiger partial charge in [0, 0.05) is 23.5 Å². The van der Waals surface area contributed by atoms with Crippen LogP contribution in [0.3, 0.4) is 0 Å². The van der Waals surface area contributed by atoms with Crippen LogP contribution < -0.4 is 0 Å². The molecule has 0 saturated carbocycles. The van der Waals surface area contributed by atoms with Gasteiger partial charge >= 0.3 is 0 Å². The quantitative estimate of drug-likeness (QED) is 0.733. The van der Waals surface area contributed by atoms with E-state index in [9.17, 15) is 4.79 Å². The fraction of sp³-hybridized carbons (Fsp3) is 0.278. The van der Waals surface area contributed by atoms with Gasteiger partial charge in [0.15, 0.2) is 0 Å². The topological polar surface area (TPSA) is 20.3 Å². The van der Waals surface area contributed by atoms with E-state index in [4.69, 9.17) is 0 Å². The van der Waals surface area contributed by atoms with Crippen molar-refractivity contribution in [2.75, 3.05) is 13.1 Å². The van der Waals surface area contributed by atoms with Gasteiger partial charge in [-0.15, -0.1) is 0 Å². The third kappa shape index (κ3) is 3.50. The van der Waals surface area contributed by atoms with Gasteiger partial charge in [-0.05, 0) is 26.0 Å². The third-order valence-corrected chi connectivity index (χ3v) is 4.67. The molecule has 4 heteroatoms. The lowest BCUT2D eigenvalue weighted by atomic mass is 10.1. The monoisotopic (exact) mass is 317 g/mol. The highest BCUT2D eigenvalue weighted by Gasteiger charge is 2.44. The van der Waals surface area contributed by atoms with E-state index in [2.05, 4.69) is 0 Å². The van der Waals surface area contributed by atoms with Gasteiger partial charge in [0.2, 0.25) is 0 Å². The summed E-state index contributed by atoms with van der Waals surface area (Å²) in [6, 6.07) is 17.8. The van der Waals surface area contributed by atoms with E-state index in [-0.39, 0.29) is 0 Å². The molecule has 0 aliphatic carbocycles. The molecule has 0 aliphatic heterocycles. The van der Waals surface area contributed by atoms with Gasteiger partial charge in [0.25, 0.3) is 10.9 Å².